The summed E-state index contributed by atoms with van der Waals surface area (Å²) in [5, 5.41) is 21.4. The zero-order valence-electron chi connectivity index (χ0n) is 11.0. The number of aryl methyl sites for hydroxylation is 1. The van der Waals surface area contributed by atoms with Crippen LogP contribution in [-0.2, 0) is 9.59 Å². The highest BCUT2D eigenvalue weighted by atomic mass is 16.6. The molecule has 0 saturated heterocycles. The Kier molecular flexibility index (Phi) is 5.01. The lowest BCUT2D eigenvalue weighted by Crippen LogP contribution is -2.40. The van der Waals surface area contributed by atoms with Crippen molar-refractivity contribution < 1.29 is 24.4 Å². The maximum atomic E-state index is 11.4. The number of carboxylic acids is 1. The van der Waals surface area contributed by atoms with Gasteiger partial charge in [0, 0.05) is 12.1 Å². The molecule has 8 heteroatoms. The summed E-state index contributed by atoms with van der Waals surface area (Å²) in [5.41, 5.74) is 0.442. The van der Waals surface area contributed by atoms with Crippen LogP contribution in [0.3, 0.4) is 0 Å². The van der Waals surface area contributed by atoms with Gasteiger partial charge in [-0.1, -0.05) is 0 Å². The molecule has 1 aromatic rings. The summed E-state index contributed by atoms with van der Waals surface area (Å²) < 4.78 is 5.19. The predicted molar refractivity (Wildman–Crippen MR) is 68.6 cm³/mol. The second kappa shape index (κ2) is 6.50. The van der Waals surface area contributed by atoms with Crippen LogP contribution >= 0.6 is 0 Å². The van der Waals surface area contributed by atoms with E-state index < -0.39 is 22.8 Å². The number of hydrogen-bond acceptors (Lipinski definition) is 5. The minimum Gasteiger partial charge on any atom is -0.483 e. The SMILES string of the molecule is Cc1cc([N+](=O)[O-])ccc1OCC(=O)NC(C)C(=O)O. The fraction of sp³-hybridized carbons (Fsp3) is 0.333. The number of amides is 1. The van der Waals surface area contributed by atoms with E-state index in [1.54, 1.807) is 6.92 Å². The quantitative estimate of drug-likeness (QED) is 0.590. The molecule has 0 fully saturated rings. The standard InChI is InChI=1S/C12H14N2O6/c1-7-5-9(14(18)19)3-4-10(7)20-6-11(15)13-8(2)12(16)17/h3-5,8H,6H2,1-2H3,(H,13,15)(H,16,17). The zero-order chi connectivity index (χ0) is 15.3. The Morgan fingerprint density at radius 3 is 2.65 bits per heavy atom. The summed E-state index contributed by atoms with van der Waals surface area (Å²) >= 11 is 0. The van der Waals surface area contributed by atoms with Gasteiger partial charge in [-0.25, -0.2) is 0 Å². The average molecular weight is 282 g/mol. The lowest BCUT2D eigenvalue weighted by Gasteiger charge is -2.11. The van der Waals surface area contributed by atoms with Crippen LogP contribution in [0.4, 0.5) is 5.69 Å². The molecule has 0 aromatic heterocycles. The lowest BCUT2D eigenvalue weighted by molar-refractivity contribution is -0.384. The highest BCUT2D eigenvalue weighted by Crippen LogP contribution is 2.22. The highest BCUT2D eigenvalue weighted by Gasteiger charge is 2.15. The number of aliphatic carboxylic acids is 1. The first kappa shape index (κ1) is 15.4. The number of nitro benzene ring substituents is 1. The maximum Gasteiger partial charge on any atom is 0.325 e. The number of nitro groups is 1. The molecule has 1 rings (SSSR count). The molecule has 1 aromatic carbocycles. The molecule has 0 saturated carbocycles. The van der Waals surface area contributed by atoms with Gasteiger partial charge in [0.1, 0.15) is 11.8 Å². The molecule has 0 aliphatic heterocycles. The van der Waals surface area contributed by atoms with Crippen molar-refractivity contribution >= 4 is 17.6 Å². The molecule has 0 aliphatic carbocycles. The van der Waals surface area contributed by atoms with Crippen molar-refractivity contribution in [2.75, 3.05) is 6.61 Å². The molecular weight excluding hydrogens is 268 g/mol. The van der Waals surface area contributed by atoms with Gasteiger partial charge in [-0.05, 0) is 25.5 Å². The van der Waals surface area contributed by atoms with Crippen LogP contribution in [0, 0.1) is 17.0 Å². The van der Waals surface area contributed by atoms with Gasteiger partial charge in [-0.2, -0.15) is 0 Å². The molecule has 0 heterocycles. The summed E-state index contributed by atoms with van der Waals surface area (Å²) in [6.07, 6.45) is 0. The average Bonchev–Trinajstić information content (AvgIpc) is 2.36. The third kappa shape index (κ3) is 4.23. The molecule has 20 heavy (non-hydrogen) atoms. The van der Waals surface area contributed by atoms with Gasteiger partial charge in [-0.15, -0.1) is 0 Å². The molecule has 1 amide bonds. The minimum absolute atomic E-state index is 0.0706. The summed E-state index contributed by atoms with van der Waals surface area (Å²) in [6, 6.07) is 2.97. The Bertz CT molecular complexity index is 543. The largest absolute Gasteiger partial charge is 0.483 e. The normalized spacial score (nSPS) is 11.5. The van der Waals surface area contributed by atoms with E-state index in [1.807, 2.05) is 0 Å². The van der Waals surface area contributed by atoms with Gasteiger partial charge in [0.2, 0.25) is 0 Å². The molecule has 0 spiro atoms. The first-order valence-electron chi connectivity index (χ1n) is 5.71. The summed E-state index contributed by atoms with van der Waals surface area (Å²) in [6.45, 7) is 2.58. The van der Waals surface area contributed by atoms with Gasteiger partial charge in [0.15, 0.2) is 6.61 Å². The zero-order valence-corrected chi connectivity index (χ0v) is 11.0. The van der Waals surface area contributed by atoms with E-state index in [0.29, 0.717) is 11.3 Å². The smallest absolute Gasteiger partial charge is 0.325 e. The number of rotatable bonds is 6. The number of ether oxygens (including phenoxy) is 1. The van der Waals surface area contributed by atoms with Crippen LogP contribution in [0.1, 0.15) is 12.5 Å². The number of non-ortho nitro benzene ring substituents is 1. The molecule has 0 bridgehead atoms. The topological polar surface area (TPSA) is 119 Å². The van der Waals surface area contributed by atoms with E-state index in [4.69, 9.17) is 9.84 Å². The van der Waals surface area contributed by atoms with E-state index in [0.717, 1.165) is 0 Å². The van der Waals surface area contributed by atoms with Crippen LogP contribution in [0.2, 0.25) is 0 Å². The van der Waals surface area contributed by atoms with Crippen LogP contribution in [-0.4, -0.2) is 34.6 Å². The number of nitrogens with zero attached hydrogens (tertiary/aromatic N) is 1. The molecule has 0 aliphatic rings. The van der Waals surface area contributed by atoms with Crippen molar-refractivity contribution in [1.29, 1.82) is 0 Å². The van der Waals surface area contributed by atoms with E-state index in [2.05, 4.69) is 5.32 Å². The van der Waals surface area contributed by atoms with E-state index >= 15 is 0 Å². The monoisotopic (exact) mass is 282 g/mol. The van der Waals surface area contributed by atoms with Gasteiger partial charge < -0.3 is 15.2 Å². The van der Waals surface area contributed by atoms with Gasteiger partial charge in [-0.3, -0.25) is 19.7 Å². The number of carboxylic acid groups (broad SMARTS) is 1. The highest BCUT2D eigenvalue weighted by molar-refractivity contribution is 5.84. The second-order valence-corrected chi connectivity index (χ2v) is 4.12. The second-order valence-electron chi connectivity index (χ2n) is 4.12. The first-order valence-corrected chi connectivity index (χ1v) is 5.71. The van der Waals surface area contributed by atoms with Crippen molar-refractivity contribution in [2.24, 2.45) is 0 Å². The van der Waals surface area contributed by atoms with Crippen LogP contribution in [0.15, 0.2) is 18.2 Å². The van der Waals surface area contributed by atoms with Gasteiger partial charge in [0.25, 0.3) is 11.6 Å². The Morgan fingerprint density at radius 2 is 2.15 bits per heavy atom. The number of carbonyl (C=O) groups excluding carboxylic acids is 1. The number of benzene rings is 1. The molecule has 8 nitrogen and oxygen atoms in total. The third-order valence-corrected chi connectivity index (χ3v) is 2.48. The van der Waals surface area contributed by atoms with Crippen molar-refractivity contribution in [3.05, 3.63) is 33.9 Å². The Labute approximate surface area is 114 Å². The fourth-order valence-corrected chi connectivity index (χ4v) is 1.40. The van der Waals surface area contributed by atoms with Crippen molar-refractivity contribution in [3.63, 3.8) is 0 Å². The molecule has 1 unspecified atom stereocenters. The minimum atomic E-state index is -1.15. The Hall–Kier alpha value is -2.64. The Morgan fingerprint density at radius 1 is 1.50 bits per heavy atom. The van der Waals surface area contributed by atoms with Crippen molar-refractivity contribution in [2.45, 2.75) is 19.9 Å². The molecule has 2 N–H and O–H groups in total. The third-order valence-electron chi connectivity index (χ3n) is 2.48. The van der Waals surface area contributed by atoms with Gasteiger partial charge >= 0.3 is 5.97 Å². The van der Waals surface area contributed by atoms with Gasteiger partial charge in [0.05, 0.1) is 4.92 Å². The van der Waals surface area contributed by atoms with E-state index in [9.17, 15) is 19.7 Å². The number of hydrogen-bond donors (Lipinski definition) is 2. The van der Waals surface area contributed by atoms with Crippen molar-refractivity contribution in [1.82, 2.24) is 5.32 Å². The van der Waals surface area contributed by atoms with Crippen LogP contribution < -0.4 is 10.1 Å². The summed E-state index contributed by atoms with van der Waals surface area (Å²) in [4.78, 5) is 32.0. The van der Waals surface area contributed by atoms with Crippen LogP contribution in [0.5, 0.6) is 5.75 Å². The first-order chi connectivity index (χ1) is 9.31. The summed E-state index contributed by atoms with van der Waals surface area (Å²) in [7, 11) is 0. The lowest BCUT2D eigenvalue weighted by atomic mass is 10.2. The Balaban J connectivity index is 2.60. The van der Waals surface area contributed by atoms with Crippen LogP contribution in [0.25, 0.3) is 0 Å². The number of carbonyl (C=O) groups is 2. The maximum absolute atomic E-state index is 11.4. The predicted octanol–water partition coefficient (Wildman–Crippen LogP) is 0.871. The van der Waals surface area contributed by atoms with Crippen molar-refractivity contribution in [3.8, 4) is 5.75 Å². The number of nitrogens with one attached hydrogen (secondary N) is 1. The molecular formula is C12H14N2O6. The summed E-state index contributed by atoms with van der Waals surface area (Å²) in [5.74, 6) is -1.41. The fourth-order valence-electron chi connectivity index (χ4n) is 1.40. The molecule has 0 radical (unpaired) electrons. The molecule has 1 atom stereocenters. The van der Waals surface area contributed by atoms with E-state index in [-0.39, 0.29) is 12.3 Å². The molecule has 108 valence electrons. The van der Waals surface area contributed by atoms with E-state index in [1.165, 1.54) is 25.1 Å².